The highest BCUT2D eigenvalue weighted by atomic mass is 16.4. The lowest BCUT2D eigenvalue weighted by Gasteiger charge is -2.33. The molecular formula is C17H23N3O2. The third-order valence-corrected chi connectivity index (χ3v) is 4.80. The van der Waals surface area contributed by atoms with Gasteiger partial charge >= 0.3 is 5.97 Å². The van der Waals surface area contributed by atoms with Crippen molar-refractivity contribution in [3.8, 4) is 0 Å². The Morgan fingerprint density at radius 2 is 2.18 bits per heavy atom. The van der Waals surface area contributed by atoms with Crippen molar-refractivity contribution in [3.63, 3.8) is 0 Å². The number of benzene rings is 1. The van der Waals surface area contributed by atoms with E-state index in [-0.39, 0.29) is 12.0 Å². The van der Waals surface area contributed by atoms with Crippen LogP contribution in [0.2, 0.25) is 0 Å². The normalized spacial score (nSPS) is 18.6. The highest BCUT2D eigenvalue weighted by molar-refractivity contribution is 5.76. The van der Waals surface area contributed by atoms with Crippen LogP contribution in [0.25, 0.3) is 11.0 Å². The number of aliphatic carboxylic acids is 1. The summed E-state index contributed by atoms with van der Waals surface area (Å²) in [5.74, 6) is 0.117. The van der Waals surface area contributed by atoms with E-state index in [0.717, 1.165) is 49.2 Å². The number of carboxylic acids is 1. The van der Waals surface area contributed by atoms with Gasteiger partial charge < -0.3 is 10.1 Å². The first-order chi connectivity index (χ1) is 10.6. The Hall–Kier alpha value is -1.88. The summed E-state index contributed by atoms with van der Waals surface area (Å²) in [4.78, 5) is 21.5. The fourth-order valence-corrected chi connectivity index (χ4v) is 3.20. The van der Waals surface area contributed by atoms with Crippen LogP contribution in [0.5, 0.6) is 0 Å². The molecule has 0 bridgehead atoms. The summed E-state index contributed by atoms with van der Waals surface area (Å²) < 4.78 is 0. The summed E-state index contributed by atoms with van der Waals surface area (Å²) >= 11 is 0. The molecule has 1 aromatic carbocycles. The Kier molecular flexibility index (Phi) is 4.16. The number of nitrogens with one attached hydrogen (secondary N) is 1. The Labute approximate surface area is 130 Å². The maximum absolute atomic E-state index is 11.0. The van der Waals surface area contributed by atoms with E-state index in [1.54, 1.807) is 0 Å². The van der Waals surface area contributed by atoms with Gasteiger partial charge in [-0.15, -0.1) is 0 Å². The van der Waals surface area contributed by atoms with Gasteiger partial charge in [0.25, 0.3) is 0 Å². The first kappa shape index (κ1) is 15.0. The Morgan fingerprint density at radius 3 is 2.82 bits per heavy atom. The molecule has 1 unspecified atom stereocenters. The zero-order chi connectivity index (χ0) is 15.7. The number of H-pyrrole nitrogens is 1. The van der Waals surface area contributed by atoms with Crippen LogP contribution < -0.4 is 0 Å². The summed E-state index contributed by atoms with van der Waals surface area (Å²) in [5.41, 5.74) is 3.39. The van der Waals surface area contributed by atoms with Gasteiger partial charge in [-0.05, 0) is 57.0 Å². The van der Waals surface area contributed by atoms with Crippen LogP contribution in [0.3, 0.4) is 0 Å². The fraction of sp³-hybridized carbons (Fsp3) is 0.529. The average molecular weight is 301 g/mol. The first-order valence-electron chi connectivity index (χ1n) is 8.04. The molecule has 118 valence electrons. The quantitative estimate of drug-likeness (QED) is 0.911. The Morgan fingerprint density at radius 1 is 1.45 bits per heavy atom. The number of aryl methyl sites for hydroxylation is 1. The maximum Gasteiger partial charge on any atom is 0.306 e. The molecule has 3 rings (SSSR count). The lowest BCUT2D eigenvalue weighted by molar-refractivity contribution is -0.143. The smallest absolute Gasteiger partial charge is 0.306 e. The highest BCUT2D eigenvalue weighted by Crippen LogP contribution is 2.27. The number of aromatic amines is 1. The van der Waals surface area contributed by atoms with Crippen molar-refractivity contribution in [2.75, 3.05) is 13.1 Å². The van der Waals surface area contributed by atoms with Crippen LogP contribution in [-0.2, 0) is 11.2 Å². The number of hydrogen-bond acceptors (Lipinski definition) is 3. The van der Waals surface area contributed by atoms with Crippen molar-refractivity contribution in [1.29, 1.82) is 0 Å². The van der Waals surface area contributed by atoms with Gasteiger partial charge in [-0.25, -0.2) is 4.98 Å². The summed E-state index contributed by atoms with van der Waals surface area (Å²) in [6.45, 7) is 5.91. The molecule has 22 heavy (non-hydrogen) atoms. The number of hydrogen-bond donors (Lipinski definition) is 2. The second-order valence-electron chi connectivity index (χ2n) is 6.15. The summed E-state index contributed by atoms with van der Waals surface area (Å²) in [6, 6.07) is 6.54. The number of piperidine rings is 1. The Balaban J connectivity index is 1.75. The molecular weight excluding hydrogens is 278 g/mol. The average Bonchev–Trinajstić information content (AvgIpc) is 2.97. The van der Waals surface area contributed by atoms with E-state index in [4.69, 9.17) is 10.1 Å². The molecule has 1 fully saturated rings. The van der Waals surface area contributed by atoms with E-state index in [9.17, 15) is 4.79 Å². The molecule has 0 saturated carbocycles. The summed E-state index contributed by atoms with van der Waals surface area (Å²) in [6.07, 6.45) is 2.46. The summed E-state index contributed by atoms with van der Waals surface area (Å²) in [5, 5.41) is 9.09. The van der Waals surface area contributed by atoms with Crippen molar-refractivity contribution < 1.29 is 9.90 Å². The van der Waals surface area contributed by atoms with Gasteiger partial charge in [0.05, 0.1) is 23.0 Å². The van der Waals surface area contributed by atoms with E-state index in [0.29, 0.717) is 0 Å². The van der Waals surface area contributed by atoms with E-state index >= 15 is 0 Å². The van der Waals surface area contributed by atoms with E-state index < -0.39 is 5.97 Å². The van der Waals surface area contributed by atoms with Crippen LogP contribution in [0.4, 0.5) is 0 Å². The molecule has 2 N–H and O–H groups in total. The monoisotopic (exact) mass is 301 g/mol. The van der Waals surface area contributed by atoms with Crippen LogP contribution in [0.15, 0.2) is 18.2 Å². The molecule has 0 aliphatic carbocycles. The number of rotatable bonds is 4. The topological polar surface area (TPSA) is 69.2 Å². The predicted octanol–water partition coefficient (Wildman–Crippen LogP) is 2.98. The molecule has 1 aliphatic heterocycles. The largest absolute Gasteiger partial charge is 0.481 e. The molecule has 5 heteroatoms. The molecule has 0 spiro atoms. The molecule has 1 saturated heterocycles. The number of likely N-dealkylation sites (tertiary alicyclic amines) is 1. The number of nitrogens with zero attached hydrogens (tertiary/aromatic N) is 2. The van der Waals surface area contributed by atoms with Crippen LogP contribution >= 0.6 is 0 Å². The second-order valence-corrected chi connectivity index (χ2v) is 6.15. The number of aromatic nitrogens is 2. The van der Waals surface area contributed by atoms with Crippen molar-refractivity contribution in [3.05, 3.63) is 29.6 Å². The van der Waals surface area contributed by atoms with Gasteiger partial charge in [-0.2, -0.15) is 0 Å². The maximum atomic E-state index is 11.0. The van der Waals surface area contributed by atoms with Crippen molar-refractivity contribution in [1.82, 2.24) is 14.9 Å². The molecule has 0 amide bonds. The van der Waals surface area contributed by atoms with E-state index in [2.05, 4.69) is 41.9 Å². The van der Waals surface area contributed by atoms with E-state index in [1.807, 2.05) is 0 Å². The van der Waals surface area contributed by atoms with Crippen molar-refractivity contribution in [2.45, 2.75) is 39.2 Å². The van der Waals surface area contributed by atoms with Gasteiger partial charge in [-0.1, -0.05) is 13.0 Å². The van der Waals surface area contributed by atoms with Crippen LogP contribution in [0.1, 0.15) is 44.1 Å². The number of imidazole rings is 1. The molecule has 5 nitrogen and oxygen atoms in total. The highest BCUT2D eigenvalue weighted by Gasteiger charge is 2.28. The molecule has 2 aromatic rings. The predicted molar refractivity (Wildman–Crippen MR) is 85.8 cm³/mol. The minimum atomic E-state index is -0.664. The fourth-order valence-electron chi connectivity index (χ4n) is 3.20. The van der Waals surface area contributed by atoms with Crippen LogP contribution in [0, 0.1) is 5.92 Å². The SMILES string of the molecule is CCc1ccc2nc(C(C)N3CCC(C(=O)O)CC3)[nH]c2c1. The number of fused-ring (bicyclic) bond motifs is 1. The Bertz CT molecular complexity index is 672. The number of carboxylic acid groups (broad SMARTS) is 1. The van der Waals surface area contributed by atoms with Crippen LogP contribution in [-0.4, -0.2) is 39.0 Å². The molecule has 0 radical (unpaired) electrons. The van der Waals surface area contributed by atoms with Crippen molar-refractivity contribution in [2.24, 2.45) is 5.92 Å². The zero-order valence-corrected chi connectivity index (χ0v) is 13.2. The van der Waals surface area contributed by atoms with Gasteiger partial charge in [0.2, 0.25) is 0 Å². The standard InChI is InChI=1S/C17H23N3O2/c1-3-12-4-5-14-15(10-12)19-16(18-14)11(2)20-8-6-13(7-9-20)17(21)22/h4-5,10-11,13H,3,6-9H2,1-2H3,(H,18,19)(H,21,22). The van der Waals surface area contributed by atoms with Gasteiger partial charge in [0.15, 0.2) is 0 Å². The van der Waals surface area contributed by atoms with E-state index in [1.165, 1.54) is 5.56 Å². The minimum Gasteiger partial charge on any atom is -0.481 e. The third kappa shape index (κ3) is 2.86. The third-order valence-electron chi connectivity index (χ3n) is 4.80. The van der Waals surface area contributed by atoms with Gasteiger partial charge in [0, 0.05) is 0 Å². The number of carbonyl (C=O) groups is 1. The summed E-state index contributed by atoms with van der Waals surface area (Å²) in [7, 11) is 0. The lowest BCUT2D eigenvalue weighted by Crippen LogP contribution is -2.38. The second kappa shape index (κ2) is 6.08. The molecule has 2 heterocycles. The first-order valence-corrected chi connectivity index (χ1v) is 8.04. The minimum absolute atomic E-state index is 0.187. The van der Waals surface area contributed by atoms with Gasteiger partial charge in [-0.3, -0.25) is 9.69 Å². The van der Waals surface area contributed by atoms with Gasteiger partial charge in [0.1, 0.15) is 5.82 Å². The zero-order valence-electron chi connectivity index (χ0n) is 13.2. The molecule has 1 aliphatic rings. The lowest BCUT2D eigenvalue weighted by atomic mass is 9.96. The molecule has 1 aromatic heterocycles. The van der Waals surface area contributed by atoms with Crippen molar-refractivity contribution >= 4 is 17.0 Å². The molecule has 1 atom stereocenters.